The number of fused-ring (bicyclic) bond motifs is 2. The largest absolute Gasteiger partial charge is 0.417 e. The summed E-state index contributed by atoms with van der Waals surface area (Å²) < 4.78 is 51.0. The van der Waals surface area contributed by atoms with Crippen LogP contribution in [0.4, 0.5) is 13.2 Å². The van der Waals surface area contributed by atoms with E-state index in [2.05, 4.69) is 16.8 Å². The van der Waals surface area contributed by atoms with Crippen molar-refractivity contribution in [1.82, 2.24) is 14.8 Å². The van der Waals surface area contributed by atoms with Crippen molar-refractivity contribution < 1.29 is 27.4 Å². The minimum Gasteiger partial charge on any atom is -0.334 e. The van der Waals surface area contributed by atoms with Gasteiger partial charge in [0.1, 0.15) is 0 Å². The zero-order chi connectivity index (χ0) is 23.8. The van der Waals surface area contributed by atoms with Crippen molar-refractivity contribution in [1.29, 1.82) is 0 Å². The zero-order valence-corrected chi connectivity index (χ0v) is 19.7. The van der Waals surface area contributed by atoms with E-state index in [-0.39, 0.29) is 37.0 Å². The molecule has 186 valence electrons. The molecule has 4 fully saturated rings. The molecule has 2 unspecified atom stereocenters. The molecule has 4 atom stereocenters. The summed E-state index contributed by atoms with van der Waals surface area (Å²) in [6.07, 6.45) is 1.68. The highest BCUT2D eigenvalue weighted by molar-refractivity contribution is 5.87. The van der Waals surface area contributed by atoms with Crippen LogP contribution in [0.15, 0.2) is 12.3 Å². The third-order valence-electron chi connectivity index (χ3n) is 9.32. The molecule has 4 aliphatic heterocycles. The summed E-state index contributed by atoms with van der Waals surface area (Å²) in [5.41, 5.74) is 0.0967. The Morgan fingerprint density at radius 2 is 1.88 bits per heavy atom. The van der Waals surface area contributed by atoms with Gasteiger partial charge in [-0.05, 0) is 69.7 Å². The lowest BCUT2D eigenvalue weighted by Crippen LogP contribution is -2.49. The highest BCUT2D eigenvalue weighted by Gasteiger charge is 2.61. The van der Waals surface area contributed by atoms with E-state index in [1.54, 1.807) is 0 Å². The van der Waals surface area contributed by atoms with Crippen molar-refractivity contribution in [3.05, 3.63) is 29.1 Å². The normalized spacial score (nSPS) is 38.8. The Hall–Kier alpha value is -1.71. The second-order valence-electron chi connectivity index (χ2n) is 11.0. The second kappa shape index (κ2) is 7.90. The van der Waals surface area contributed by atoms with Gasteiger partial charge in [0.25, 0.3) is 0 Å². The van der Waals surface area contributed by atoms with Gasteiger partial charge in [0.05, 0.1) is 11.0 Å². The fraction of sp³-hybridized carbons (Fsp3) is 0.760. The Balaban J connectivity index is 1.14. The summed E-state index contributed by atoms with van der Waals surface area (Å²) in [5.74, 6) is 0.741. The van der Waals surface area contributed by atoms with Crippen LogP contribution in [0.2, 0.25) is 0 Å². The average molecular weight is 480 g/mol. The quantitative estimate of drug-likeness (QED) is 0.643. The van der Waals surface area contributed by atoms with Crippen LogP contribution in [0.1, 0.15) is 62.8 Å². The number of aromatic nitrogens is 1. The standard InChI is InChI=1S/C25H32F3N3O3/c1-14-21-10-20-17(9-18(12-29-20)25(26,27)28)13-31(21)23(32)24(14)6-3-19(11-24)30-7-4-16(5-8-30)22-33-15(2)34-22/h9,12,14-16,19,21-22H,3-8,10-11,13H2,1-2H3/t14?,15?,19-,21?,22?,24+/m1/s1. The van der Waals surface area contributed by atoms with E-state index in [9.17, 15) is 18.0 Å². The number of rotatable bonds is 2. The number of alkyl halides is 3. The molecule has 1 spiro atoms. The highest BCUT2D eigenvalue weighted by Crippen LogP contribution is 2.55. The Bertz CT molecular complexity index is 974. The first-order valence-electron chi connectivity index (χ1n) is 12.6. The first-order valence-corrected chi connectivity index (χ1v) is 12.6. The maximum Gasteiger partial charge on any atom is 0.417 e. The lowest BCUT2D eigenvalue weighted by Gasteiger charge is -2.44. The number of likely N-dealkylation sites (tertiary alicyclic amines) is 1. The van der Waals surface area contributed by atoms with Gasteiger partial charge >= 0.3 is 6.18 Å². The molecule has 0 N–H and O–H groups in total. The van der Waals surface area contributed by atoms with Gasteiger partial charge < -0.3 is 19.3 Å². The highest BCUT2D eigenvalue weighted by atomic mass is 19.4. The van der Waals surface area contributed by atoms with Gasteiger partial charge in [-0.1, -0.05) is 6.92 Å². The number of hydrogen-bond acceptors (Lipinski definition) is 5. The number of piperidine rings is 1. The third kappa shape index (κ3) is 3.49. The molecule has 0 aromatic carbocycles. The number of amides is 1. The summed E-state index contributed by atoms with van der Waals surface area (Å²) in [4.78, 5) is 22.3. The Morgan fingerprint density at radius 1 is 1.15 bits per heavy atom. The molecule has 6 rings (SSSR count). The molecule has 1 aliphatic carbocycles. The van der Waals surface area contributed by atoms with Crippen LogP contribution >= 0.6 is 0 Å². The molecule has 0 bridgehead atoms. The van der Waals surface area contributed by atoms with Gasteiger partial charge in [0, 0.05) is 42.9 Å². The van der Waals surface area contributed by atoms with Crippen LogP contribution in [-0.4, -0.2) is 58.4 Å². The van der Waals surface area contributed by atoms with Crippen LogP contribution in [0, 0.1) is 17.3 Å². The van der Waals surface area contributed by atoms with Gasteiger partial charge in [0.2, 0.25) is 5.91 Å². The third-order valence-corrected chi connectivity index (χ3v) is 9.32. The van der Waals surface area contributed by atoms with E-state index in [1.165, 1.54) is 6.07 Å². The van der Waals surface area contributed by atoms with E-state index in [0.717, 1.165) is 51.4 Å². The molecular weight excluding hydrogens is 447 g/mol. The Kier molecular flexibility index (Phi) is 5.28. The van der Waals surface area contributed by atoms with Crippen LogP contribution in [0.5, 0.6) is 0 Å². The summed E-state index contributed by atoms with van der Waals surface area (Å²) in [5, 5.41) is 0. The maximum atomic E-state index is 13.7. The van der Waals surface area contributed by atoms with E-state index < -0.39 is 17.2 Å². The van der Waals surface area contributed by atoms with Crippen LogP contribution in [-0.2, 0) is 33.4 Å². The first-order chi connectivity index (χ1) is 16.2. The van der Waals surface area contributed by atoms with Crippen LogP contribution < -0.4 is 0 Å². The molecular formula is C25H32F3N3O3. The summed E-state index contributed by atoms with van der Waals surface area (Å²) >= 11 is 0. The summed E-state index contributed by atoms with van der Waals surface area (Å²) in [6, 6.07) is 1.58. The lowest BCUT2D eigenvalue weighted by molar-refractivity contribution is -0.394. The van der Waals surface area contributed by atoms with Crippen molar-refractivity contribution in [3.63, 3.8) is 0 Å². The number of hydrogen-bond donors (Lipinski definition) is 0. The van der Waals surface area contributed by atoms with Gasteiger partial charge in [0.15, 0.2) is 12.6 Å². The summed E-state index contributed by atoms with van der Waals surface area (Å²) in [6.45, 7) is 6.31. The second-order valence-corrected chi connectivity index (χ2v) is 11.0. The molecule has 34 heavy (non-hydrogen) atoms. The molecule has 3 saturated heterocycles. The summed E-state index contributed by atoms with van der Waals surface area (Å²) in [7, 11) is 0. The molecule has 1 aromatic heterocycles. The van der Waals surface area contributed by atoms with Gasteiger partial charge in [-0.3, -0.25) is 9.78 Å². The lowest BCUT2D eigenvalue weighted by atomic mass is 9.73. The van der Waals surface area contributed by atoms with Gasteiger partial charge in [-0.15, -0.1) is 0 Å². The predicted octanol–water partition coefficient (Wildman–Crippen LogP) is 3.97. The fourth-order valence-electron chi connectivity index (χ4n) is 7.28. The Labute approximate surface area is 197 Å². The smallest absolute Gasteiger partial charge is 0.334 e. The van der Waals surface area contributed by atoms with E-state index in [4.69, 9.17) is 9.47 Å². The van der Waals surface area contributed by atoms with Crippen LogP contribution in [0.3, 0.4) is 0 Å². The van der Waals surface area contributed by atoms with Crippen molar-refractivity contribution >= 4 is 5.91 Å². The molecule has 6 nitrogen and oxygen atoms in total. The monoisotopic (exact) mass is 479 g/mol. The minimum atomic E-state index is -4.43. The Morgan fingerprint density at radius 3 is 2.56 bits per heavy atom. The maximum absolute atomic E-state index is 13.7. The average Bonchev–Trinajstić information content (AvgIpc) is 3.33. The molecule has 1 amide bonds. The number of carbonyl (C=O) groups is 1. The van der Waals surface area contributed by atoms with Crippen molar-refractivity contribution in [2.24, 2.45) is 17.3 Å². The molecule has 5 heterocycles. The minimum absolute atomic E-state index is 0.0172. The molecule has 1 saturated carbocycles. The van der Waals surface area contributed by atoms with E-state index in [0.29, 0.717) is 29.6 Å². The molecule has 0 radical (unpaired) electrons. The van der Waals surface area contributed by atoms with Crippen molar-refractivity contribution in [3.8, 4) is 0 Å². The van der Waals surface area contributed by atoms with Crippen LogP contribution in [0.25, 0.3) is 0 Å². The van der Waals surface area contributed by atoms with E-state index in [1.807, 2.05) is 11.8 Å². The molecule has 9 heteroatoms. The fourth-order valence-corrected chi connectivity index (χ4v) is 7.28. The van der Waals surface area contributed by atoms with E-state index >= 15 is 0 Å². The first kappa shape index (κ1) is 22.7. The van der Waals surface area contributed by atoms with Gasteiger partial charge in [-0.25, -0.2) is 0 Å². The topological polar surface area (TPSA) is 54.9 Å². The van der Waals surface area contributed by atoms with Crippen molar-refractivity contribution in [2.75, 3.05) is 13.1 Å². The predicted molar refractivity (Wildman–Crippen MR) is 116 cm³/mol. The number of pyridine rings is 1. The molecule has 5 aliphatic rings. The number of halogens is 3. The van der Waals surface area contributed by atoms with Crippen molar-refractivity contribution in [2.45, 2.75) is 89.8 Å². The zero-order valence-electron chi connectivity index (χ0n) is 19.7. The SMILES string of the molecule is CC1OC(C2CCN([C@@H]3CC[C@@]4(C3)C(=O)N3Cc5cc(C(F)(F)F)cnc5CC3C4C)CC2)O1. The van der Waals surface area contributed by atoms with Gasteiger partial charge in [-0.2, -0.15) is 13.2 Å². The molecule has 1 aromatic rings. The number of nitrogens with zero attached hydrogens (tertiary/aromatic N) is 3. The number of ether oxygens (including phenoxy) is 2. The number of carbonyl (C=O) groups excluding carboxylic acids is 1.